The van der Waals surface area contributed by atoms with E-state index in [2.05, 4.69) is 5.32 Å². The van der Waals surface area contributed by atoms with Gasteiger partial charge in [0.2, 0.25) is 0 Å². The average molecular weight is 230 g/mol. The molecule has 0 aromatic heterocycles. The number of carbonyl (C=O) groups excluding carboxylic acids is 2. The predicted molar refractivity (Wildman–Crippen MR) is 62.2 cm³/mol. The lowest BCUT2D eigenvalue weighted by atomic mass is 10.1. The largest absolute Gasteiger partial charge is 0.465 e. The maximum atomic E-state index is 11.7. The van der Waals surface area contributed by atoms with E-state index in [0.717, 1.165) is 0 Å². The van der Waals surface area contributed by atoms with Gasteiger partial charge in [0.05, 0.1) is 6.61 Å². The van der Waals surface area contributed by atoms with Crippen LogP contribution in [0.5, 0.6) is 0 Å². The van der Waals surface area contributed by atoms with Crippen molar-refractivity contribution in [2.45, 2.75) is 40.2 Å². The Kier molecular flexibility index (Phi) is 5.85. The first kappa shape index (κ1) is 14.7. The normalized spacial score (nSPS) is 10.8. The molecule has 0 rings (SSSR count). The molecule has 0 spiro atoms. The molecule has 0 fully saturated rings. The SMILES string of the molecule is CCOC(=O)CN(CC)C(=O)NC(C)(C)C. The molecule has 16 heavy (non-hydrogen) atoms. The van der Waals surface area contributed by atoms with E-state index < -0.39 is 0 Å². The van der Waals surface area contributed by atoms with Gasteiger partial charge in [0.15, 0.2) is 0 Å². The molecule has 0 aliphatic rings. The van der Waals surface area contributed by atoms with Gasteiger partial charge in [0.1, 0.15) is 6.54 Å². The molecule has 0 aromatic rings. The standard InChI is InChI=1S/C11H22N2O3/c1-6-13(8-9(14)16-7-2)10(15)12-11(3,4)5/h6-8H2,1-5H3,(H,12,15). The number of ether oxygens (including phenoxy) is 1. The lowest BCUT2D eigenvalue weighted by Gasteiger charge is -2.26. The summed E-state index contributed by atoms with van der Waals surface area (Å²) in [7, 11) is 0. The van der Waals surface area contributed by atoms with E-state index in [4.69, 9.17) is 4.74 Å². The fourth-order valence-electron chi connectivity index (χ4n) is 1.09. The zero-order valence-electron chi connectivity index (χ0n) is 10.8. The first-order chi connectivity index (χ1) is 7.30. The highest BCUT2D eigenvalue weighted by atomic mass is 16.5. The highest BCUT2D eigenvalue weighted by molar-refractivity contribution is 5.81. The van der Waals surface area contributed by atoms with E-state index in [9.17, 15) is 9.59 Å². The van der Waals surface area contributed by atoms with Crippen LogP contribution in [0.15, 0.2) is 0 Å². The van der Waals surface area contributed by atoms with Crippen molar-refractivity contribution in [3.05, 3.63) is 0 Å². The van der Waals surface area contributed by atoms with Gasteiger partial charge < -0.3 is 15.0 Å². The van der Waals surface area contributed by atoms with Crippen LogP contribution in [-0.4, -0.2) is 42.1 Å². The van der Waals surface area contributed by atoms with Crippen LogP contribution in [0.1, 0.15) is 34.6 Å². The highest BCUT2D eigenvalue weighted by Crippen LogP contribution is 2.01. The van der Waals surface area contributed by atoms with Gasteiger partial charge in [-0.2, -0.15) is 0 Å². The molecule has 0 unspecified atom stereocenters. The van der Waals surface area contributed by atoms with Gasteiger partial charge in [-0.25, -0.2) is 4.79 Å². The number of hydrogen-bond acceptors (Lipinski definition) is 3. The van der Waals surface area contributed by atoms with Crippen LogP contribution in [0.2, 0.25) is 0 Å². The van der Waals surface area contributed by atoms with Crippen LogP contribution in [0.4, 0.5) is 4.79 Å². The molecule has 0 saturated carbocycles. The third kappa shape index (κ3) is 6.27. The molecule has 5 nitrogen and oxygen atoms in total. The van der Waals surface area contributed by atoms with E-state index in [1.807, 2.05) is 27.7 Å². The molecular weight excluding hydrogens is 208 g/mol. The number of likely N-dealkylation sites (N-methyl/N-ethyl adjacent to an activating group) is 1. The van der Waals surface area contributed by atoms with Crippen molar-refractivity contribution in [1.29, 1.82) is 0 Å². The Morgan fingerprint density at radius 3 is 2.19 bits per heavy atom. The summed E-state index contributed by atoms with van der Waals surface area (Å²) in [5.74, 6) is -0.381. The molecule has 5 heteroatoms. The fourth-order valence-corrected chi connectivity index (χ4v) is 1.09. The molecule has 1 N–H and O–H groups in total. The van der Waals surface area contributed by atoms with Gasteiger partial charge >= 0.3 is 12.0 Å². The number of urea groups is 1. The topological polar surface area (TPSA) is 58.6 Å². The molecule has 0 atom stereocenters. The first-order valence-corrected chi connectivity index (χ1v) is 5.52. The van der Waals surface area contributed by atoms with Crippen molar-refractivity contribution in [1.82, 2.24) is 10.2 Å². The Morgan fingerprint density at radius 1 is 1.25 bits per heavy atom. The van der Waals surface area contributed by atoms with E-state index in [1.165, 1.54) is 4.90 Å². The van der Waals surface area contributed by atoms with Gasteiger partial charge in [-0.3, -0.25) is 4.79 Å². The van der Waals surface area contributed by atoms with Crippen molar-refractivity contribution in [2.24, 2.45) is 0 Å². The average Bonchev–Trinajstić information content (AvgIpc) is 2.11. The van der Waals surface area contributed by atoms with E-state index in [1.54, 1.807) is 6.92 Å². The second kappa shape index (κ2) is 6.35. The molecule has 0 bridgehead atoms. The number of amides is 2. The number of nitrogens with one attached hydrogen (secondary N) is 1. The smallest absolute Gasteiger partial charge is 0.325 e. The minimum absolute atomic E-state index is 0.00769. The number of rotatable bonds is 4. The van der Waals surface area contributed by atoms with Gasteiger partial charge in [-0.05, 0) is 34.6 Å². The summed E-state index contributed by atoms with van der Waals surface area (Å²) < 4.78 is 4.79. The summed E-state index contributed by atoms with van der Waals surface area (Å²) in [6.07, 6.45) is 0. The summed E-state index contributed by atoms with van der Waals surface area (Å²) >= 11 is 0. The lowest BCUT2D eigenvalue weighted by Crippen LogP contribution is -2.50. The van der Waals surface area contributed by atoms with Gasteiger partial charge in [-0.1, -0.05) is 0 Å². The Morgan fingerprint density at radius 2 is 1.81 bits per heavy atom. The van der Waals surface area contributed by atoms with Gasteiger partial charge in [0, 0.05) is 12.1 Å². The summed E-state index contributed by atoms with van der Waals surface area (Å²) in [5, 5.41) is 2.80. The zero-order chi connectivity index (χ0) is 12.8. The van der Waals surface area contributed by atoms with Crippen molar-refractivity contribution < 1.29 is 14.3 Å². The van der Waals surface area contributed by atoms with E-state index in [0.29, 0.717) is 13.2 Å². The van der Waals surface area contributed by atoms with Gasteiger partial charge in [-0.15, -0.1) is 0 Å². The number of hydrogen-bond donors (Lipinski definition) is 1. The molecule has 0 heterocycles. The monoisotopic (exact) mass is 230 g/mol. The maximum absolute atomic E-state index is 11.7. The van der Waals surface area contributed by atoms with Crippen LogP contribution >= 0.6 is 0 Å². The Hall–Kier alpha value is -1.26. The maximum Gasteiger partial charge on any atom is 0.325 e. The molecule has 0 aliphatic heterocycles. The first-order valence-electron chi connectivity index (χ1n) is 5.52. The second-order valence-corrected chi connectivity index (χ2v) is 4.50. The molecule has 94 valence electrons. The third-order valence-corrected chi connectivity index (χ3v) is 1.78. The number of nitrogens with zero attached hydrogens (tertiary/aromatic N) is 1. The molecule has 0 aliphatic carbocycles. The van der Waals surface area contributed by atoms with Crippen molar-refractivity contribution in [3.63, 3.8) is 0 Å². The van der Waals surface area contributed by atoms with Crippen molar-refractivity contribution in [2.75, 3.05) is 19.7 Å². The lowest BCUT2D eigenvalue weighted by molar-refractivity contribution is -0.143. The fraction of sp³-hybridized carbons (Fsp3) is 0.818. The van der Waals surface area contributed by atoms with Crippen LogP contribution in [0.3, 0.4) is 0 Å². The summed E-state index contributed by atoms with van der Waals surface area (Å²) in [4.78, 5) is 24.4. The quantitative estimate of drug-likeness (QED) is 0.742. The van der Waals surface area contributed by atoms with Crippen molar-refractivity contribution >= 4 is 12.0 Å². The van der Waals surface area contributed by atoms with Crippen molar-refractivity contribution in [3.8, 4) is 0 Å². The Balaban J connectivity index is 4.27. The zero-order valence-corrected chi connectivity index (χ0v) is 10.8. The molecular formula is C11H22N2O3. The van der Waals surface area contributed by atoms with Crippen LogP contribution < -0.4 is 5.32 Å². The number of carbonyl (C=O) groups is 2. The van der Waals surface area contributed by atoms with Gasteiger partial charge in [0.25, 0.3) is 0 Å². The van der Waals surface area contributed by atoms with Crippen LogP contribution in [-0.2, 0) is 9.53 Å². The molecule has 2 amide bonds. The Labute approximate surface area is 97.1 Å². The molecule has 0 saturated heterocycles. The third-order valence-electron chi connectivity index (χ3n) is 1.78. The minimum Gasteiger partial charge on any atom is -0.465 e. The summed E-state index contributed by atoms with van der Waals surface area (Å²) in [5.41, 5.74) is -0.306. The molecule has 0 radical (unpaired) electrons. The second-order valence-electron chi connectivity index (χ2n) is 4.50. The predicted octanol–water partition coefficient (Wildman–Crippen LogP) is 1.38. The van der Waals surface area contributed by atoms with E-state index >= 15 is 0 Å². The summed E-state index contributed by atoms with van der Waals surface area (Å²) in [6, 6.07) is -0.247. The number of esters is 1. The summed E-state index contributed by atoms with van der Waals surface area (Å²) in [6.45, 7) is 10.0. The van der Waals surface area contributed by atoms with Crippen LogP contribution in [0.25, 0.3) is 0 Å². The van der Waals surface area contributed by atoms with E-state index in [-0.39, 0.29) is 24.1 Å². The minimum atomic E-state index is -0.381. The Bertz CT molecular complexity index is 246. The van der Waals surface area contributed by atoms with Crippen LogP contribution in [0, 0.1) is 0 Å². The molecule has 0 aromatic carbocycles. The highest BCUT2D eigenvalue weighted by Gasteiger charge is 2.20.